The summed E-state index contributed by atoms with van der Waals surface area (Å²) in [5.74, 6) is -0.0137. The van der Waals surface area contributed by atoms with Gasteiger partial charge < -0.3 is 15.0 Å². The molecule has 7 heteroatoms. The summed E-state index contributed by atoms with van der Waals surface area (Å²) in [6.45, 7) is 7.62. The van der Waals surface area contributed by atoms with Crippen LogP contribution in [-0.4, -0.2) is 42.0 Å². The number of anilines is 2. The van der Waals surface area contributed by atoms with E-state index < -0.39 is 0 Å². The fraction of sp³-hybridized carbons (Fsp3) is 0.444. The van der Waals surface area contributed by atoms with Gasteiger partial charge in [0.15, 0.2) is 0 Å². The normalized spacial score (nSPS) is 14.6. The zero-order chi connectivity index (χ0) is 17.8. The van der Waals surface area contributed by atoms with Crippen LogP contribution in [0.3, 0.4) is 0 Å². The number of nitrogens with one attached hydrogen (secondary N) is 1. The highest BCUT2D eigenvalue weighted by Crippen LogP contribution is 2.30. The van der Waals surface area contributed by atoms with Crippen LogP contribution in [0.25, 0.3) is 0 Å². The first-order valence-electron chi connectivity index (χ1n) is 8.46. The number of hydrogen-bond donors (Lipinski definition) is 1. The van der Waals surface area contributed by atoms with Crippen molar-refractivity contribution >= 4 is 33.2 Å². The molecule has 0 saturated carbocycles. The molecule has 0 aliphatic carbocycles. The number of hydrogen-bond acceptors (Lipinski definition) is 4. The molecule has 1 N–H and O–H groups in total. The van der Waals surface area contributed by atoms with Gasteiger partial charge in [0.05, 0.1) is 30.3 Å². The Bertz CT molecular complexity index is 754. The molecule has 6 nitrogen and oxygen atoms in total. The molecular weight excluding hydrogens is 384 g/mol. The number of halogens is 1. The molecule has 2 aromatic rings. The van der Waals surface area contributed by atoms with Crippen molar-refractivity contribution in [2.45, 2.75) is 26.8 Å². The summed E-state index contributed by atoms with van der Waals surface area (Å²) in [6, 6.07) is 8.00. The van der Waals surface area contributed by atoms with Crippen LogP contribution in [0.2, 0.25) is 0 Å². The molecule has 1 amide bonds. The molecule has 0 unspecified atom stereocenters. The van der Waals surface area contributed by atoms with Crippen LogP contribution in [0.5, 0.6) is 0 Å². The minimum atomic E-state index is -0.0137. The van der Waals surface area contributed by atoms with Crippen molar-refractivity contribution in [3.63, 3.8) is 0 Å². The van der Waals surface area contributed by atoms with Gasteiger partial charge in [0.25, 0.3) is 0 Å². The highest BCUT2D eigenvalue weighted by Gasteiger charge is 2.16. The molecule has 0 spiro atoms. The second-order valence-electron chi connectivity index (χ2n) is 6.21. The van der Waals surface area contributed by atoms with E-state index in [4.69, 9.17) is 4.74 Å². The van der Waals surface area contributed by atoms with Gasteiger partial charge in [-0.3, -0.25) is 9.48 Å². The number of rotatable bonds is 5. The van der Waals surface area contributed by atoms with E-state index in [9.17, 15) is 4.79 Å². The first kappa shape index (κ1) is 17.9. The van der Waals surface area contributed by atoms with Crippen LogP contribution < -0.4 is 10.2 Å². The molecular formula is C18H23BrN4O2. The first-order chi connectivity index (χ1) is 12.0. The molecule has 0 bridgehead atoms. The molecule has 1 aliphatic rings. The van der Waals surface area contributed by atoms with E-state index in [2.05, 4.69) is 31.2 Å². The number of nitrogens with zero attached hydrogens (tertiary/aromatic N) is 3. The van der Waals surface area contributed by atoms with Crippen molar-refractivity contribution in [1.82, 2.24) is 9.78 Å². The standard InChI is InChI=1S/C18H23BrN4O2/c1-13-11-14(2)23(21-13)6-5-18(24)20-16-12-15(19)3-4-17(16)22-7-9-25-10-8-22/h3-4,11-12H,5-10H2,1-2H3,(H,20,24). The number of benzene rings is 1. The van der Waals surface area contributed by atoms with E-state index in [0.717, 1.165) is 40.3 Å². The van der Waals surface area contributed by atoms with E-state index in [0.29, 0.717) is 26.2 Å². The van der Waals surface area contributed by atoms with Gasteiger partial charge in [-0.25, -0.2) is 0 Å². The predicted molar refractivity (Wildman–Crippen MR) is 102 cm³/mol. The zero-order valence-corrected chi connectivity index (χ0v) is 16.2. The number of aromatic nitrogens is 2. The molecule has 1 saturated heterocycles. The zero-order valence-electron chi connectivity index (χ0n) is 14.6. The molecule has 134 valence electrons. The van der Waals surface area contributed by atoms with Crippen LogP contribution >= 0.6 is 15.9 Å². The molecule has 3 rings (SSSR count). The maximum absolute atomic E-state index is 12.4. The summed E-state index contributed by atoms with van der Waals surface area (Å²) in [6.07, 6.45) is 0.386. The second kappa shape index (κ2) is 8.01. The third-order valence-electron chi connectivity index (χ3n) is 4.24. The van der Waals surface area contributed by atoms with Gasteiger partial charge in [-0.1, -0.05) is 15.9 Å². The van der Waals surface area contributed by atoms with Crippen molar-refractivity contribution in [2.24, 2.45) is 0 Å². The molecule has 1 aromatic heterocycles. The topological polar surface area (TPSA) is 59.4 Å². The summed E-state index contributed by atoms with van der Waals surface area (Å²) < 4.78 is 8.24. The van der Waals surface area contributed by atoms with Crippen LogP contribution in [0.4, 0.5) is 11.4 Å². The Hall–Kier alpha value is -1.86. The molecule has 0 radical (unpaired) electrons. The maximum Gasteiger partial charge on any atom is 0.226 e. The van der Waals surface area contributed by atoms with E-state index in [1.807, 2.05) is 42.8 Å². The van der Waals surface area contributed by atoms with Crippen molar-refractivity contribution in [1.29, 1.82) is 0 Å². The van der Waals surface area contributed by atoms with E-state index in [-0.39, 0.29) is 5.91 Å². The van der Waals surface area contributed by atoms with Gasteiger partial charge in [0.1, 0.15) is 0 Å². The van der Waals surface area contributed by atoms with Crippen molar-refractivity contribution < 1.29 is 9.53 Å². The maximum atomic E-state index is 12.4. The lowest BCUT2D eigenvalue weighted by atomic mass is 10.2. The largest absolute Gasteiger partial charge is 0.378 e. The fourth-order valence-electron chi connectivity index (χ4n) is 3.01. The van der Waals surface area contributed by atoms with Gasteiger partial charge >= 0.3 is 0 Å². The van der Waals surface area contributed by atoms with E-state index in [1.165, 1.54) is 0 Å². The van der Waals surface area contributed by atoms with Crippen molar-refractivity contribution in [3.05, 3.63) is 40.1 Å². The monoisotopic (exact) mass is 406 g/mol. The Morgan fingerprint density at radius 3 is 2.72 bits per heavy atom. The number of amides is 1. The van der Waals surface area contributed by atoms with E-state index >= 15 is 0 Å². The third kappa shape index (κ3) is 4.61. The Morgan fingerprint density at radius 2 is 2.04 bits per heavy atom. The minimum absolute atomic E-state index is 0.0137. The summed E-state index contributed by atoms with van der Waals surface area (Å²) in [5.41, 5.74) is 3.90. The highest BCUT2D eigenvalue weighted by molar-refractivity contribution is 9.10. The Labute approximate surface area is 156 Å². The van der Waals surface area contributed by atoms with Gasteiger partial charge in [0.2, 0.25) is 5.91 Å². The SMILES string of the molecule is Cc1cc(C)n(CCC(=O)Nc2cc(Br)ccc2N2CCOCC2)n1. The highest BCUT2D eigenvalue weighted by atomic mass is 79.9. The van der Waals surface area contributed by atoms with Gasteiger partial charge in [-0.2, -0.15) is 5.10 Å². The summed E-state index contributed by atoms with van der Waals surface area (Å²) in [7, 11) is 0. The molecule has 0 atom stereocenters. The minimum Gasteiger partial charge on any atom is -0.378 e. The summed E-state index contributed by atoms with van der Waals surface area (Å²) in [4.78, 5) is 14.7. The summed E-state index contributed by atoms with van der Waals surface area (Å²) >= 11 is 3.49. The smallest absolute Gasteiger partial charge is 0.226 e. The molecule has 1 aliphatic heterocycles. The molecule has 1 fully saturated rings. The average Bonchev–Trinajstić information content (AvgIpc) is 2.91. The number of carbonyl (C=O) groups is 1. The van der Waals surface area contributed by atoms with Crippen LogP contribution in [0, 0.1) is 13.8 Å². The Morgan fingerprint density at radius 1 is 1.28 bits per heavy atom. The predicted octanol–water partition coefficient (Wildman–Crippen LogP) is 3.13. The van der Waals surface area contributed by atoms with Crippen LogP contribution in [0.1, 0.15) is 17.8 Å². The number of aryl methyl sites for hydroxylation is 3. The van der Waals surface area contributed by atoms with Crippen molar-refractivity contribution in [2.75, 3.05) is 36.5 Å². The lowest BCUT2D eigenvalue weighted by molar-refractivity contribution is -0.116. The van der Waals surface area contributed by atoms with Gasteiger partial charge in [-0.05, 0) is 38.1 Å². The number of morpholine rings is 1. The van der Waals surface area contributed by atoms with Crippen LogP contribution in [0.15, 0.2) is 28.7 Å². The lowest BCUT2D eigenvalue weighted by Crippen LogP contribution is -2.36. The quantitative estimate of drug-likeness (QED) is 0.828. The van der Waals surface area contributed by atoms with Gasteiger partial charge in [-0.15, -0.1) is 0 Å². The van der Waals surface area contributed by atoms with Crippen molar-refractivity contribution in [3.8, 4) is 0 Å². The Kier molecular flexibility index (Phi) is 5.75. The second-order valence-corrected chi connectivity index (χ2v) is 7.12. The molecule has 2 heterocycles. The average molecular weight is 407 g/mol. The number of carbonyl (C=O) groups excluding carboxylic acids is 1. The summed E-state index contributed by atoms with van der Waals surface area (Å²) in [5, 5.41) is 7.45. The van der Waals surface area contributed by atoms with Gasteiger partial charge in [0, 0.05) is 36.2 Å². The first-order valence-corrected chi connectivity index (χ1v) is 9.25. The molecule has 25 heavy (non-hydrogen) atoms. The van der Waals surface area contributed by atoms with E-state index in [1.54, 1.807) is 0 Å². The van der Waals surface area contributed by atoms with Crippen LogP contribution in [-0.2, 0) is 16.1 Å². The Balaban J connectivity index is 1.67. The number of ether oxygens (including phenoxy) is 1. The lowest BCUT2D eigenvalue weighted by Gasteiger charge is -2.30. The molecule has 1 aromatic carbocycles. The third-order valence-corrected chi connectivity index (χ3v) is 4.73. The fourth-order valence-corrected chi connectivity index (χ4v) is 3.37.